The molecule has 0 heterocycles. The molecule has 0 aromatic heterocycles. The number of aryl methyl sites for hydroxylation is 1. The number of carbonyl (C=O) groups excluding carboxylic acids is 2. The highest BCUT2D eigenvalue weighted by atomic mass is 79.9. The van der Waals surface area contributed by atoms with Crippen LogP contribution in [0.4, 0.5) is 5.69 Å². The van der Waals surface area contributed by atoms with Gasteiger partial charge in [0, 0.05) is 22.6 Å². The number of hydrogen-bond donors (Lipinski definition) is 3. The van der Waals surface area contributed by atoms with Crippen LogP contribution in [0.5, 0.6) is 0 Å². The molecule has 1 aromatic rings. The molecule has 1 saturated carbocycles. The van der Waals surface area contributed by atoms with Gasteiger partial charge in [-0.3, -0.25) is 9.59 Å². The number of amides is 2. The molecule has 2 amide bonds. The maximum Gasteiger partial charge on any atom is 0.243 e. The topological polar surface area (TPSA) is 84.2 Å². The Bertz CT molecular complexity index is 568. The summed E-state index contributed by atoms with van der Waals surface area (Å²) in [5, 5.41) is 5.46. The van der Waals surface area contributed by atoms with Crippen LogP contribution in [-0.2, 0) is 9.59 Å². The molecule has 0 radical (unpaired) electrons. The van der Waals surface area contributed by atoms with E-state index in [1.54, 1.807) is 0 Å². The Morgan fingerprint density at radius 2 is 2.04 bits per heavy atom. The average molecular weight is 405 g/mol. The standard InChI is InChI=1S/C16H22BrN3O2.ClH/c1-10-7-12(17)5-6-14(10)20-16(22)9-19-15(21)8-11-3-2-4-13(11)18;/h5-7,11,13H,2-4,8-9,18H2,1H3,(H,19,21)(H,20,22);1H/t11-,13+;/m0./s1. The maximum atomic E-state index is 11.9. The highest BCUT2D eigenvalue weighted by Gasteiger charge is 2.26. The second-order valence-corrected chi connectivity index (χ2v) is 6.76. The zero-order valence-corrected chi connectivity index (χ0v) is 15.5. The number of hydrogen-bond acceptors (Lipinski definition) is 3. The van der Waals surface area contributed by atoms with Gasteiger partial charge >= 0.3 is 0 Å². The SMILES string of the molecule is Cc1cc(Br)ccc1NC(=O)CNC(=O)C[C@@H]1CCC[C@H]1N.Cl. The van der Waals surface area contributed by atoms with Gasteiger partial charge in [0.25, 0.3) is 0 Å². The van der Waals surface area contributed by atoms with Gasteiger partial charge in [0.2, 0.25) is 11.8 Å². The summed E-state index contributed by atoms with van der Waals surface area (Å²) in [6.45, 7) is 1.90. The summed E-state index contributed by atoms with van der Waals surface area (Å²) in [4.78, 5) is 23.8. The molecule has 2 rings (SSSR count). The van der Waals surface area contributed by atoms with E-state index in [1.165, 1.54) is 0 Å². The number of nitrogens with two attached hydrogens (primary N) is 1. The van der Waals surface area contributed by atoms with Crippen LogP contribution in [0.25, 0.3) is 0 Å². The molecule has 1 fully saturated rings. The third-order valence-corrected chi connectivity index (χ3v) is 4.57. The first-order valence-corrected chi connectivity index (χ1v) is 8.33. The molecule has 5 nitrogen and oxygen atoms in total. The fraction of sp³-hybridized carbons (Fsp3) is 0.500. The summed E-state index contributed by atoms with van der Waals surface area (Å²) >= 11 is 3.38. The molecule has 0 spiro atoms. The Morgan fingerprint density at radius 1 is 1.30 bits per heavy atom. The number of rotatable bonds is 5. The monoisotopic (exact) mass is 403 g/mol. The van der Waals surface area contributed by atoms with Crippen molar-refractivity contribution in [2.75, 3.05) is 11.9 Å². The summed E-state index contributed by atoms with van der Waals surface area (Å²) in [6, 6.07) is 5.74. The number of anilines is 1. The zero-order valence-electron chi connectivity index (χ0n) is 13.1. The molecule has 2 atom stereocenters. The van der Waals surface area contributed by atoms with Gasteiger partial charge in [0.1, 0.15) is 0 Å². The van der Waals surface area contributed by atoms with Gasteiger partial charge in [-0.25, -0.2) is 0 Å². The van der Waals surface area contributed by atoms with Crippen LogP contribution in [0, 0.1) is 12.8 Å². The summed E-state index contributed by atoms with van der Waals surface area (Å²) in [5.41, 5.74) is 7.67. The maximum absolute atomic E-state index is 11.9. The van der Waals surface area contributed by atoms with E-state index in [1.807, 2.05) is 25.1 Å². The van der Waals surface area contributed by atoms with Crippen LogP contribution in [0.15, 0.2) is 22.7 Å². The number of carbonyl (C=O) groups is 2. The minimum absolute atomic E-state index is 0. The van der Waals surface area contributed by atoms with Gasteiger partial charge in [-0.05, 0) is 49.4 Å². The van der Waals surface area contributed by atoms with E-state index >= 15 is 0 Å². The molecule has 1 aliphatic rings. The molecule has 4 N–H and O–H groups in total. The van der Waals surface area contributed by atoms with Gasteiger partial charge in [-0.15, -0.1) is 12.4 Å². The molecular weight excluding hydrogens is 382 g/mol. The van der Waals surface area contributed by atoms with Crippen molar-refractivity contribution in [3.05, 3.63) is 28.2 Å². The summed E-state index contributed by atoms with van der Waals surface area (Å²) < 4.78 is 0.962. The first kappa shape index (κ1) is 19.9. The Labute approximate surface area is 151 Å². The van der Waals surface area contributed by atoms with Crippen LogP contribution in [-0.4, -0.2) is 24.4 Å². The van der Waals surface area contributed by atoms with Crippen LogP contribution >= 0.6 is 28.3 Å². The van der Waals surface area contributed by atoms with E-state index in [9.17, 15) is 9.59 Å². The molecule has 0 saturated heterocycles. The molecule has 7 heteroatoms. The Kier molecular flexibility index (Phi) is 8.02. The summed E-state index contributed by atoms with van der Waals surface area (Å²) in [6.07, 6.45) is 3.48. The van der Waals surface area contributed by atoms with Crippen molar-refractivity contribution >= 4 is 45.8 Å². The number of nitrogens with one attached hydrogen (secondary N) is 2. The Morgan fingerprint density at radius 3 is 2.65 bits per heavy atom. The van der Waals surface area contributed by atoms with E-state index in [0.29, 0.717) is 6.42 Å². The second-order valence-electron chi connectivity index (χ2n) is 5.84. The van der Waals surface area contributed by atoms with Gasteiger partial charge in [-0.2, -0.15) is 0 Å². The molecule has 0 bridgehead atoms. The first-order valence-electron chi connectivity index (χ1n) is 7.54. The predicted octanol–water partition coefficient (Wildman–Crippen LogP) is 2.75. The van der Waals surface area contributed by atoms with E-state index in [-0.39, 0.29) is 42.7 Å². The second kappa shape index (κ2) is 9.25. The van der Waals surface area contributed by atoms with Gasteiger partial charge in [0.05, 0.1) is 6.54 Å². The van der Waals surface area contributed by atoms with Crippen molar-refractivity contribution in [3.8, 4) is 0 Å². The van der Waals surface area contributed by atoms with E-state index in [4.69, 9.17) is 5.73 Å². The molecular formula is C16H23BrClN3O2. The van der Waals surface area contributed by atoms with E-state index < -0.39 is 0 Å². The lowest BCUT2D eigenvalue weighted by Crippen LogP contribution is -2.36. The van der Waals surface area contributed by atoms with Crippen molar-refractivity contribution < 1.29 is 9.59 Å². The average Bonchev–Trinajstić information content (AvgIpc) is 2.85. The number of benzene rings is 1. The van der Waals surface area contributed by atoms with Crippen LogP contribution in [0.1, 0.15) is 31.2 Å². The smallest absolute Gasteiger partial charge is 0.243 e. The van der Waals surface area contributed by atoms with E-state index in [0.717, 1.165) is 35.0 Å². The Balaban J connectivity index is 0.00000264. The minimum atomic E-state index is -0.227. The normalized spacial score (nSPS) is 19.8. The molecule has 128 valence electrons. The molecule has 0 aliphatic heterocycles. The van der Waals surface area contributed by atoms with Crippen molar-refractivity contribution in [2.45, 2.75) is 38.6 Å². The van der Waals surface area contributed by atoms with Crippen LogP contribution in [0.3, 0.4) is 0 Å². The van der Waals surface area contributed by atoms with Crippen LogP contribution in [0.2, 0.25) is 0 Å². The summed E-state index contributed by atoms with van der Waals surface area (Å²) in [7, 11) is 0. The lowest BCUT2D eigenvalue weighted by molar-refractivity contribution is -0.124. The third kappa shape index (κ3) is 6.12. The number of halogens is 2. The summed E-state index contributed by atoms with van der Waals surface area (Å²) in [5.74, 6) is -0.0868. The highest BCUT2D eigenvalue weighted by molar-refractivity contribution is 9.10. The Hall–Kier alpha value is -1.11. The van der Waals surface area contributed by atoms with Crippen LogP contribution < -0.4 is 16.4 Å². The zero-order chi connectivity index (χ0) is 16.1. The molecule has 0 unspecified atom stereocenters. The molecule has 1 aliphatic carbocycles. The largest absolute Gasteiger partial charge is 0.347 e. The molecule has 1 aromatic carbocycles. The lowest BCUT2D eigenvalue weighted by Gasteiger charge is -2.15. The van der Waals surface area contributed by atoms with Gasteiger partial charge < -0.3 is 16.4 Å². The fourth-order valence-corrected chi connectivity index (χ4v) is 3.25. The van der Waals surface area contributed by atoms with Crippen molar-refractivity contribution in [1.82, 2.24) is 5.32 Å². The minimum Gasteiger partial charge on any atom is -0.347 e. The third-order valence-electron chi connectivity index (χ3n) is 4.07. The quantitative estimate of drug-likeness (QED) is 0.705. The highest BCUT2D eigenvalue weighted by Crippen LogP contribution is 2.26. The van der Waals surface area contributed by atoms with Crippen molar-refractivity contribution in [1.29, 1.82) is 0 Å². The first-order chi connectivity index (χ1) is 10.5. The van der Waals surface area contributed by atoms with Crippen molar-refractivity contribution in [2.24, 2.45) is 11.7 Å². The van der Waals surface area contributed by atoms with Gasteiger partial charge in [0.15, 0.2) is 0 Å². The van der Waals surface area contributed by atoms with E-state index in [2.05, 4.69) is 26.6 Å². The predicted molar refractivity (Wildman–Crippen MR) is 97.7 cm³/mol. The van der Waals surface area contributed by atoms with Gasteiger partial charge in [-0.1, -0.05) is 22.4 Å². The lowest BCUT2D eigenvalue weighted by atomic mass is 10.00. The fourth-order valence-electron chi connectivity index (χ4n) is 2.77. The molecule has 23 heavy (non-hydrogen) atoms. The van der Waals surface area contributed by atoms with Crippen molar-refractivity contribution in [3.63, 3.8) is 0 Å².